The van der Waals surface area contributed by atoms with Crippen molar-refractivity contribution in [3.8, 4) is 11.5 Å². The summed E-state index contributed by atoms with van der Waals surface area (Å²) >= 11 is 0. The largest absolute Gasteiger partial charge is 0.457 e. The van der Waals surface area contributed by atoms with Crippen LogP contribution >= 0.6 is 0 Å². The molecule has 5 aromatic carbocycles. The first-order chi connectivity index (χ1) is 20.2. The third-order valence-corrected chi connectivity index (χ3v) is 7.37. The predicted molar refractivity (Wildman–Crippen MR) is 159 cm³/mol. The maximum absolute atomic E-state index is 13.5. The van der Waals surface area contributed by atoms with Gasteiger partial charge in [-0.25, -0.2) is 4.79 Å². The molecule has 1 aliphatic heterocycles. The van der Waals surface area contributed by atoms with Crippen LogP contribution in [0, 0.1) is 0 Å². The minimum Gasteiger partial charge on any atom is -0.457 e. The highest BCUT2D eigenvalue weighted by molar-refractivity contribution is 6.20. The molecule has 0 fully saturated rings. The van der Waals surface area contributed by atoms with Crippen LogP contribution in [0.2, 0.25) is 0 Å². The first-order valence-electron chi connectivity index (χ1n) is 13.4. The Morgan fingerprint density at radius 3 is 2.15 bits per heavy atom. The van der Waals surface area contributed by atoms with Crippen LogP contribution in [0.15, 0.2) is 126 Å². The highest BCUT2D eigenvalue weighted by Crippen LogP contribution is 2.36. The van der Waals surface area contributed by atoms with Crippen molar-refractivity contribution >= 4 is 39.3 Å². The molecule has 41 heavy (non-hydrogen) atoms. The second kappa shape index (κ2) is 10.2. The van der Waals surface area contributed by atoms with E-state index in [1.165, 1.54) is 0 Å². The molecule has 0 atom stereocenters. The van der Waals surface area contributed by atoms with Crippen LogP contribution in [-0.2, 0) is 11.4 Å². The van der Waals surface area contributed by atoms with E-state index in [-0.39, 0.29) is 5.78 Å². The molecule has 0 radical (unpaired) electrons. The molecule has 198 valence electrons. The molecule has 1 aliphatic rings. The van der Waals surface area contributed by atoms with E-state index < -0.39 is 5.97 Å². The zero-order valence-electron chi connectivity index (χ0n) is 22.0. The van der Waals surface area contributed by atoms with E-state index in [1.807, 2.05) is 78.9 Å². The second-order valence-electron chi connectivity index (χ2n) is 9.89. The van der Waals surface area contributed by atoms with Crippen molar-refractivity contribution in [3.05, 3.63) is 144 Å². The van der Waals surface area contributed by atoms with Crippen LogP contribution < -0.4 is 4.74 Å². The number of rotatable bonds is 6. The maximum atomic E-state index is 13.5. The van der Waals surface area contributed by atoms with Crippen LogP contribution in [0.25, 0.3) is 21.8 Å². The molecule has 1 aromatic heterocycles. The fourth-order valence-electron chi connectivity index (χ4n) is 5.40. The fourth-order valence-corrected chi connectivity index (χ4v) is 5.40. The molecule has 0 unspecified atom stereocenters. The summed E-state index contributed by atoms with van der Waals surface area (Å²) in [5.74, 6) is 0.871. The Labute approximate surface area is 236 Å². The number of nitrogens with zero attached hydrogens (tertiary/aromatic N) is 2. The first-order valence-corrected chi connectivity index (χ1v) is 13.4. The molecule has 6 heteroatoms. The number of ketones is 1. The lowest BCUT2D eigenvalue weighted by Crippen LogP contribution is -2.16. The van der Waals surface area contributed by atoms with E-state index in [2.05, 4.69) is 15.8 Å². The Balaban J connectivity index is 1.19. The molecular formula is C35H24N2O4. The summed E-state index contributed by atoms with van der Waals surface area (Å²) in [5, 5.41) is 6.29. The lowest BCUT2D eigenvalue weighted by atomic mass is 9.99. The van der Waals surface area contributed by atoms with Gasteiger partial charge in [0.25, 0.3) is 0 Å². The van der Waals surface area contributed by atoms with Crippen molar-refractivity contribution in [2.45, 2.75) is 13.0 Å². The highest BCUT2D eigenvalue weighted by Gasteiger charge is 2.23. The zero-order chi connectivity index (χ0) is 27.8. The van der Waals surface area contributed by atoms with E-state index in [9.17, 15) is 9.59 Å². The average Bonchev–Trinajstić information content (AvgIpc) is 3.36. The van der Waals surface area contributed by atoms with Gasteiger partial charge in [-0.1, -0.05) is 59.8 Å². The first kappa shape index (κ1) is 24.5. The van der Waals surface area contributed by atoms with Crippen LogP contribution in [0.4, 0.5) is 0 Å². The van der Waals surface area contributed by atoms with Crippen molar-refractivity contribution < 1.29 is 19.2 Å². The monoisotopic (exact) mass is 536 g/mol. The topological polar surface area (TPSA) is 69.9 Å². The van der Waals surface area contributed by atoms with Gasteiger partial charge in [-0.3, -0.25) is 4.79 Å². The molecule has 0 bridgehead atoms. The van der Waals surface area contributed by atoms with Gasteiger partial charge in [-0.05, 0) is 66.7 Å². The number of hydrogen-bond donors (Lipinski definition) is 0. The smallest absolute Gasteiger partial charge is 0.365 e. The van der Waals surface area contributed by atoms with E-state index in [0.717, 1.165) is 38.8 Å². The number of aromatic nitrogens is 1. The van der Waals surface area contributed by atoms with E-state index in [4.69, 9.17) is 9.57 Å². The molecule has 0 aliphatic carbocycles. The standard InChI is InChI=1S/C35H24N2O4/c38-34(23-14-17-27(18-15-23)40-26-10-5-2-6-11-26)25-16-19-32-30(22-25)28-12-7-13-29-31(20-21-37(32)33(28)29)36-41-35(39)24-8-3-1-4-9-24/h1-19,22H,20-21H2/b36-31+. The molecule has 0 spiro atoms. The number of hydrogen-bond acceptors (Lipinski definition) is 5. The molecule has 0 saturated carbocycles. The lowest BCUT2D eigenvalue weighted by Gasteiger charge is -2.18. The summed E-state index contributed by atoms with van der Waals surface area (Å²) in [6, 6.07) is 37.5. The Hall–Kier alpha value is -5.49. The van der Waals surface area contributed by atoms with Gasteiger partial charge in [0.1, 0.15) is 11.5 Å². The minimum absolute atomic E-state index is 0.0554. The maximum Gasteiger partial charge on any atom is 0.365 e. The molecular weight excluding hydrogens is 512 g/mol. The number of carbonyl (C=O) groups is 2. The summed E-state index contributed by atoms with van der Waals surface area (Å²) in [4.78, 5) is 31.2. The normalized spacial score (nSPS) is 13.4. The zero-order valence-corrected chi connectivity index (χ0v) is 22.0. The number of para-hydroxylation sites is 2. The quantitative estimate of drug-likeness (QED) is 0.124. The van der Waals surface area contributed by atoms with Gasteiger partial charge < -0.3 is 14.1 Å². The Bertz CT molecular complexity index is 1960. The van der Waals surface area contributed by atoms with Crippen molar-refractivity contribution in [1.82, 2.24) is 4.57 Å². The Kier molecular flexibility index (Phi) is 6.13. The highest BCUT2D eigenvalue weighted by atomic mass is 16.7. The summed E-state index contributed by atoms with van der Waals surface area (Å²) < 4.78 is 8.12. The summed E-state index contributed by atoms with van der Waals surface area (Å²) in [6.07, 6.45) is 0.621. The fraction of sp³-hybridized carbons (Fsp3) is 0.0571. The molecule has 7 rings (SSSR count). The third kappa shape index (κ3) is 4.55. The Morgan fingerprint density at radius 1 is 0.659 bits per heavy atom. The number of benzene rings is 5. The van der Waals surface area contributed by atoms with Gasteiger partial charge in [-0.2, -0.15) is 0 Å². The molecule has 2 heterocycles. The lowest BCUT2D eigenvalue weighted by molar-refractivity contribution is 0.0515. The SMILES string of the molecule is O=C(O/N=C1\CCn2c3ccc(C(=O)c4ccc(Oc5ccccc5)cc4)cc3c3cccc1c32)c1ccccc1. The average molecular weight is 537 g/mol. The van der Waals surface area contributed by atoms with Crippen molar-refractivity contribution in [2.24, 2.45) is 5.16 Å². The molecule has 0 saturated heterocycles. The number of ether oxygens (including phenoxy) is 1. The molecule has 6 aromatic rings. The van der Waals surface area contributed by atoms with Crippen molar-refractivity contribution in [2.75, 3.05) is 0 Å². The van der Waals surface area contributed by atoms with Gasteiger partial charge in [0.05, 0.1) is 16.8 Å². The number of carbonyl (C=O) groups excluding carboxylic acids is 2. The molecule has 6 nitrogen and oxygen atoms in total. The van der Waals surface area contributed by atoms with Gasteiger partial charge in [0.2, 0.25) is 0 Å². The van der Waals surface area contributed by atoms with Crippen molar-refractivity contribution in [1.29, 1.82) is 0 Å². The number of oxime groups is 1. The third-order valence-electron chi connectivity index (χ3n) is 7.37. The van der Waals surface area contributed by atoms with Gasteiger partial charge in [0, 0.05) is 45.9 Å². The second-order valence-corrected chi connectivity index (χ2v) is 9.89. The van der Waals surface area contributed by atoms with Crippen LogP contribution in [0.1, 0.15) is 38.3 Å². The molecule has 0 amide bonds. The van der Waals surface area contributed by atoms with E-state index in [1.54, 1.807) is 36.4 Å². The predicted octanol–water partition coefficient (Wildman–Crippen LogP) is 7.78. The molecule has 0 N–H and O–H groups in total. The summed E-state index contributed by atoms with van der Waals surface area (Å²) in [5.41, 5.74) is 5.38. The van der Waals surface area contributed by atoms with E-state index >= 15 is 0 Å². The van der Waals surface area contributed by atoms with Gasteiger partial charge in [-0.15, -0.1) is 0 Å². The number of fused-ring (bicyclic) bond motifs is 3. The summed E-state index contributed by atoms with van der Waals surface area (Å²) in [7, 11) is 0. The number of aryl methyl sites for hydroxylation is 1. The Morgan fingerprint density at radius 2 is 1.37 bits per heavy atom. The van der Waals surface area contributed by atoms with Crippen LogP contribution in [-0.4, -0.2) is 22.0 Å². The van der Waals surface area contributed by atoms with Crippen LogP contribution in [0.5, 0.6) is 11.5 Å². The van der Waals surface area contributed by atoms with E-state index in [0.29, 0.717) is 35.4 Å². The summed E-state index contributed by atoms with van der Waals surface area (Å²) in [6.45, 7) is 0.689. The van der Waals surface area contributed by atoms with Crippen molar-refractivity contribution in [3.63, 3.8) is 0 Å². The minimum atomic E-state index is -0.487. The van der Waals surface area contributed by atoms with Crippen LogP contribution in [0.3, 0.4) is 0 Å². The van der Waals surface area contributed by atoms with Gasteiger partial charge >= 0.3 is 5.97 Å². The van der Waals surface area contributed by atoms with Gasteiger partial charge in [0.15, 0.2) is 5.78 Å².